The van der Waals surface area contributed by atoms with Gasteiger partial charge in [-0.25, -0.2) is 18.0 Å². The highest BCUT2D eigenvalue weighted by Gasteiger charge is 2.48. The molecule has 2 bridgehead atoms. The Balaban J connectivity index is 1.48. The lowest BCUT2D eigenvalue weighted by Gasteiger charge is -2.42. The fourth-order valence-corrected chi connectivity index (χ4v) is 23.5. The Morgan fingerprint density at radius 2 is 1.51 bits per heavy atom. The van der Waals surface area contributed by atoms with Gasteiger partial charge in [0, 0.05) is 48.7 Å². The van der Waals surface area contributed by atoms with Crippen LogP contribution in [0.3, 0.4) is 0 Å². The molecular weight excluding hydrogens is 946 g/mol. The third-order valence-corrected chi connectivity index (χ3v) is 28.7. The number of piperidine rings is 1. The van der Waals surface area contributed by atoms with Gasteiger partial charge < -0.3 is 23.7 Å². The zero-order valence-corrected chi connectivity index (χ0v) is 48.2. The first-order chi connectivity index (χ1) is 33.7. The van der Waals surface area contributed by atoms with Gasteiger partial charge in [0.15, 0.2) is 5.82 Å². The number of fused-ring (bicyclic) bond motifs is 4. The number of carbonyl (C=O) groups is 1. The van der Waals surface area contributed by atoms with Crippen LogP contribution in [0, 0.1) is 28.5 Å². The molecular formula is C57H81F3N6O4Si2. The van der Waals surface area contributed by atoms with Crippen LogP contribution < -0.4 is 14.1 Å². The molecule has 3 saturated heterocycles. The first kappa shape index (κ1) is 55.1. The summed E-state index contributed by atoms with van der Waals surface area (Å²) < 4.78 is 69.3. The number of aromatic nitrogens is 3. The van der Waals surface area contributed by atoms with Crippen molar-refractivity contribution in [3.05, 3.63) is 59.6 Å². The van der Waals surface area contributed by atoms with Crippen LogP contribution in [0.4, 0.5) is 23.8 Å². The second-order valence-electron chi connectivity index (χ2n) is 24.2. The van der Waals surface area contributed by atoms with Crippen LogP contribution in [0.1, 0.15) is 136 Å². The summed E-state index contributed by atoms with van der Waals surface area (Å²) in [6.07, 6.45) is 4.00. The maximum absolute atomic E-state index is 18.4. The second-order valence-corrected chi connectivity index (χ2v) is 35.2. The van der Waals surface area contributed by atoms with Crippen molar-refractivity contribution in [1.29, 1.82) is 0 Å². The van der Waals surface area contributed by atoms with Crippen molar-refractivity contribution in [1.82, 2.24) is 24.8 Å². The van der Waals surface area contributed by atoms with E-state index in [1.54, 1.807) is 12.3 Å². The molecule has 3 fully saturated rings. The smallest absolute Gasteiger partial charge is 0.410 e. The number of nitrogens with zero attached hydrogens (tertiary/aromatic N) is 6. The van der Waals surface area contributed by atoms with Gasteiger partial charge in [0.2, 0.25) is 0 Å². The van der Waals surface area contributed by atoms with E-state index in [0.29, 0.717) is 94.4 Å². The highest BCUT2D eigenvalue weighted by Crippen LogP contribution is 2.47. The highest BCUT2D eigenvalue weighted by atomic mass is 28.4. The van der Waals surface area contributed by atoms with Gasteiger partial charge in [-0.3, -0.25) is 9.88 Å². The summed E-state index contributed by atoms with van der Waals surface area (Å²) in [5.74, 6) is 3.17. The number of hydrogen-bond donors (Lipinski definition) is 0. The van der Waals surface area contributed by atoms with Crippen LogP contribution in [-0.4, -0.2) is 105 Å². The number of ether oxygens (including phenoxy) is 2. The quantitative estimate of drug-likeness (QED) is 0.0959. The molecule has 4 aromatic rings. The predicted molar refractivity (Wildman–Crippen MR) is 292 cm³/mol. The molecule has 0 saturated carbocycles. The summed E-state index contributed by atoms with van der Waals surface area (Å²) in [6, 6.07) is 6.55. The zero-order chi connectivity index (χ0) is 53.0. The fraction of sp³-hybridized carbons (Fsp3) is 0.614. The molecule has 7 rings (SSSR count). The van der Waals surface area contributed by atoms with E-state index in [-0.39, 0.29) is 64.2 Å². The van der Waals surface area contributed by atoms with Gasteiger partial charge in [-0.15, -0.1) is 5.54 Å². The van der Waals surface area contributed by atoms with E-state index in [4.69, 9.17) is 28.9 Å². The molecule has 0 spiro atoms. The lowest BCUT2D eigenvalue weighted by atomic mass is 9.78. The summed E-state index contributed by atoms with van der Waals surface area (Å²) in [4.78, 5) is 34.4. The fourth-order valence-electron chi connectivity index (χ4n) is 13.1. The average molecular weight is 1030 g/mol. The van der Waals surface area contributed by atoms with Crippen molar-refractivity contribution in [2.24, 2.45) is 5.41 Å². The van der Waals surface area contributed by atoms with Crippen molar-refractivity contribution < 1.29 is 31.9 Å². The van der Waals surface area contributed by atoms with Crippen molar-refractivity contribution in [3.63, 3.8) is 0 Å². The number of carbonyl (C=O) groups excluding carboxylic acids is 1. The molecule has 2 aromatic heterocycles. The molecule has 15 heteroatoms. The molecule has 0 N–H and O–H groups in total. The molecule has 10 nitrogen and oxygen atoms in total. The minimum absolute atomic E-state index is 0.0290. The zero-order valence-electron chi connectivity index (χ0n) is 46.2. The number of benzene rings is 2. The van der Waals surface area contributed by atoms with Gasteiger partial charge >= 0.3 is 12.1 Å². The molecule has 392 valence electrons. The Labute approximate surface area is 430 Å². The number of piperazine rings is 1. The molecule has 3 atom stereocenters. The third kappa shape index (κ3) is 10.3. The Bertz CT molecular complexity index is 2710. The Kier molecular flexibility index (Phi) is 16.0. The van der Waals surface area contributed by atoms with E-state index in [0.717, 1.165) is 12.8 Å². The van der Waals surface area contributed by atoms with Crippen LogP contribution in [0.5, 0.6) is 11.8 Å². The summed E-state index contributed by atoms with van der Waals surface area (Å²) >= 11 is 0. The summed E-state index contributed by atoms with van der Waals surface area (Å²) in [6.45, 7) is 36.3. The lowest BCUT2D eigenvalue weighted by Crippen LogP contribution is -2.57. The molecule has 1 amide bonds. The summed E-state index contributed by atoms with van der Waals surface area (Å²) in [5, 5.41) is 1.47. The molecule has 2 aromatic carbocycles. The standard InChI is InChI=1S/C57H81F3N6O4Si2/c1-34(2)71(35(3)4,36(5)6)25-23-45-48(59)21-18-40-26-44(70-72(37(7)8,38(9)10)39(11)12)27-46(49(40)45)51-50(60)52-47(29-61-51)53(63-54(62-52)68-33-57(16)32-64(17)24-22-41(57)28-58)65-30-42-19-20-43(31-65)66(42)55(67)69-56(13,14)15/h18,21,26-29,34-39,42-43H,19-20,22,24,30-33H2,1-17H3/b41-28+/t42-,43+,57-/m0/s1. The van der Waals surface area contributed by atoms with Crippen molar-refractivity contribution >= 4 is 50.0 Å². The first-order valence-electron chi connectivity index (χ1n) is 26.4. The van der Waals surface area contributed by atoms with Gasteiger partial charge in [-0.2, -0.15) is 9.97 Å². The van der Waals surface area contributed by atoms with Crippen LogP contribution in [-0.2, 0) is 4.74 Å². The van der Waals surface area contributed by atoms with Crippen LogP contribution in [0.15, 0.2) is 42.4 Å². The summed E-state index contributed by atoms with van der Waals surface area (Å²) in [7, 11) is -2.93. The van der Waals surface area contributed by atoms with Crippen molar-refractivity contribution in [2.75, 3.05) is 44.7 Å². The van der Waals surface area contributed by atoms with E-state index in [2.05, 4.69) is 104 Å². The number of amides is 1. The molecule has 5 heterocycles. The maximum atomic E-state index is 18.4. The van der Waals surface area contributed by atoms with E-state index < -0.39 is 39.0 Å². The van der Waals surface area contributed by atoms with Gasteiger partial charge in [0.25, 0.3) is 8.32 Å². The molecule has 3 aliphatic rings. The second kappa shape index (κ2) is 20.9. The van der Waals surface area contributed by atoms with Gasteiger partial charge in [-0.1, -0.05) is 102 Å². The van der Waals surface area contributed by atoms with Gasteiger partial charge in [0.05, 0.1) is 29.4 Å². The van der Waals surface area contributed by atoms with E-state index in [9.17, 15) is 9.18 Å². The first-order valence-corrected chi connectivity index (χ1v) is 30.8. The molecule has 0 unspecified atom stereocenters. The summed E-state index contributed by atoms with van der Waals surface area (Å²) in [5.41, 5.74) is 5.10. The SMILES string of the molecule is CC(C)[Si](C#Cc1c(F)ccc2cc(O[Si](C(C)C)(C(C)C)C(C)C)cc(-c3ncc4c(N5C[C@H]6CC[C@@H](C5)N6C(=O)OC(C)(C)C)nc(OC[C@]5(C)CN(C)CC/C5=C\F)nc4c3F)c12)(C(C)C)C(C)C. The average Bonchev–Trinajstić information content (AvgIpc) is 3.56. The Morgan fingerprint density at radius 3 is 2.07 bits per heavy atom. The third-order valence-electron chi connectivity index (χ3n) is 16.4. The van der Waals surface area contributed by atoms with E-state index >= 15 is 8.78 Å². The molecule has 0 radical (unpaired) electrons. The normalized spacial score (nSPS) is 20.8. The van der Waals surface area contributed by atoms with Crippen LogP contribution in [0.25, 0.3) is 32.9 Å². The van der Waals surface area contributed by atoms with E-state index in [1.807, 2.05) is 51.8 Å². The Hall–Kier alpha value is -4.66. The predicted octanol–water partition coefficient (Wildman–Crippen LogP) is 14.4. The number of rotatable bonds is 13. The van der Waals surface area contributed by atoms with E-state index in [1.165, 1.54) is 6.07 Å². The minimum atomic E-state index is -2.56. The van der Waals surface area contributed by atoms with Crippen molar-refractivity contribution in [3.8, 4) is 34.5 Å². The van der Waals surface area contributed by atoms with Gasteiger partial charge in [-0.05, 0) is 109 Å². The number of likely N-dealkylation sites (tertiary alicyclic amines) is 1. The monoisotopic (exact) mass is 1030 g/mol. The maximum Gasteiger partial charge on any atom is 0.410 e. The lowest BCUT2D eigenvalue weighted by molar-refractivity contribution is 0.0122. The number of halogens is 3. The number of anilines is 1. The molecule has 72 heavy (non-hydrogen) atoms. The molecule has 3 aliphatic heterocycles. The molecule has 0 aliphatic carbocycles. The Morgan fingerprint density at radius 1 is 0.903 bits per heavy atom. The largest absolute Gasteiger partial charge is 0.543 e. The van der Waals surface area contributed by atoms with Crippen LogP contribution in [0.2, 0.25) is 33.2 Å². The minimum Gasteiger partial charge on any atom is -0.543 e. The number of hydrogen-bond acceptors (Lipinski definition) is 9. The topological polar surface area (TPSA) is 93.2 Å². The highest BCUT2D eigenvalue weighted by molar-refractivity contribution is 6.90. The van der Waals surface area contributed by atoms with Gasteiger partial charge in [0.1, 0.15) is 48.9 Å². The van der Waals surface area contributed by atoms with Crippen molar-refractivity contribution in [2.45, 2.75) is 181 Å². The number of pyridine rings is 1. The van der Waals surface area contributed by atoms with Crippen LogP contribution >= 0.6 is 0 Å².